The standard InChI is InChI=1S/C18H16ClF2NO4S/c1-10(12-3-2-11(20)8-13(12)21)22-17(24)9-26-18(25)7-4-14(23)15-5-6-16(19)27-15/h2-3,5-6,8,10H,4,7,9H2,1H3,(H,22,24)/t10-/m0/s1. The quantitative estimate of drug-likeness (QED) is 0.521. The van der Waals surface area contributed by atoms with Crippen LogP contribution in [0.5, 0.6) is 0 Å². The molecule has 0 unspecified atom stereocenters. The van der Waals surface area contributed by atoms with Gasteiger partial charge in [0.05, 0.1) is 21.7 Å². The average Bonchev–Trinajstić information content (AvgIpc) is 3.04. The number of rotatable bonds is 8. The van der Waals surface area contributed by atoms with Gasteiger partial charge >= 0.3 is 5.97 Å². The van der Waals surface area contributed by atoms with E-state index in [0.717, 1.165) is 23.5 Å². The minimum atomic E-state index is -0.785. The topological polar surface area (TPSA) is 72.5 Å². The number of hydrogen-bond donors (Lipinski definition) is 1. The molecule has 1 atom stereocenters. The molecular weight excluding hydrogens is 400 g/mol. The Labute approximate surface area is 163 Å². The van der Waals surface area contributed by atoms with Crippen LogP contribution < -0.4 is 5.32 Å². The van der Waals surface area contributed by atoms with Crippen molar-refractivity contribution >= 4 is 40.6 Å². The second kappa shape index (κ2) is 9.57. The van der Waals surface area contributed by atoms with E-state index in [9.17, 15) is 23.2 Å². The van der Waals surface area contributed by atoms with Gasteiger partial charge in [0.2, 0.25) is 0 Å². The highest BCUT2D eigenvalue weighted by molar-refractivity contribution is 7.18. The molecule has 9 heteroatoms. The van der Waals surface area contributed by atoms with E-state index in [2.05, 4.69) is 5.32 Å². The lowest BCUT2D eigenvalue weighted by Crippen LogP contribution is -2.31. The van der Waals surface area contributed by atoms with Crippen LogP contribution in [0.4, 0.5) is 8.78 Å². The van der Waals surface area contributed by atoms with Crippen molar-refractivity contribution in [1.82, 2.24) is 5.32 Å². The molecule has 5 nitrogen and oxygen atoms in total. The molecule has 1 heterocycles. The number of esters is 1. The maximum Gasteiger partial charge on any atom is 0.306 e. The number of Topliss-reactive ketones (excluding diaryl/α,β-unsaturated/α-hetero) is 1. The number of thiophene rings is 1. The van der Waals surface area contributed by atoms with Crippen molar-refractivity contribution in [2.45, 2.75) is 25.8 Å². The number of nitrogens with one attached hydrogen (secondary N) is 1. The van der Waals surface area contributed by atoms with Gasteiger partial charge in [0.1, 0.15) is 11.6 Å². The molecule has 144 valence electrons. The summed E-state index contributed by atoms with van der Waals surface area (Å²) in [6.45, 7) is 0.950. The molecular formula is C18H16ClF2NO4S. The number of ketones is 1. The summed E-state index contributed by atoms with van der Waals surface area (Å²) in [5.74, 6) is -3.10. The van der Waals surface area contributed by atoms with Gasteiger partial charge in [0.25, 0.3) is 5.91 Å². The molecule has 0 saturated heterocycles. The Kier molecular flexibility index (Phi) is 7.44. The molecule has 0 fully saturated rings. The van der Waals surface area contributed by atoms with E-state index in [-0.39, 0.29) is 24.2 Å². The van der Waals surface area contributed by atoms with Gasteiger partial charge in [-0.2, -0.15) is 0 Å². The molecule has 2 aromatic rings. The Balaban J connectivity index is 1.74. The Morgan fingerprint density at radius 1 is 1.19 bits per heavy atom. The molecule has 1 N–H and O–H groups in total. The van der Waals surface area contributed by atoms with Gasteiger partial charge < -0.3 is 10.1 Å². The lowest BCUT2D eigenvalue weighted by atomic mass is 10.1. The maximum absolute atomic E-state index is 13.7. The van der Waals surface area contributed by atoms with Crippen LogP contribution in [-0.4, -0.2) is 24.3 Å². The summed E-state index contributed by atoms with van der Waals surface area (Å²) < 4.78 is 31.9. The van der Waals surface area contributed by atoms with Crippen molar-refractivity contribution in [3.8, 4) is 0 Å². The van der Waals surface area contributed by atoms with Gasteiger partial charge in [-0.05, 0) is 25.1 Å². The maximum atomic E-state index is 13.7. The third-order valence-electron chi connectivity index (χ3n) is 3.57. The first kappa shape index (κ1) is 21.0. The monoisotopic (exact) mass is 415 g/mol. The Morgan fingerprint density at radius 3 is 2.56 bits per heavy atom. The largest absolute Gasteiger partial charge is 0.456 e. The van der Waals surface area contributed by atoms with E-state index in [1.54, 1.807) is 12.1 Å². The molecule has 0 bridgehead atoms. The van der Waals surface area contributed by atoms with Crippen molar-refractivity contribution in [3.05, 3.63) is 56.7 Å². The Hall–Kier alpha value is -2.32. The van der Waals surface area contributed by atoms with Gasteiger partial charge in [-0.1, -0.05) is 17.7 Å². The minimum Gasteiger partial charge on any atom is -0.456 e. The molecule has 1 aromatic heterocycles. The van der Waals surface area contributed by atoms with E-state index in [1.807, 2.05) is 0 Å². The van der Waals surface area contributed by atoms with Gasteiger partial charge in [-0.15, -0.1) is 11.3 Å². The molecule has 0 aliphatic heterocycles. The van der Waals surface area contributed by atoms with Crippen LogP contribution in [0.25, 0.3) is 0 Å². The van der Waals surface area contributed by atoms with E-state index < -0.39 is 36.2 Å². The van der Waals surface area contributed by atoms with Crippen molar-refractivity contribution in [2.24, 2.45) is 0 Å². The highest BCUT2D eigenvalue weighted by Crippen LogP contribution is 2.23. The van der Waals surface area contributed by atoms with Gasteiger partial charge in [0.15, 0.2) is 12.4 Å². The van der Waals surface area contributed by atoms with Crippen LogP contribution in [-0.2, 0) is 14.3 Å². The van der Waals surface area contributed by atoms with E-state index >= 15 is 0 Å². The minimum absolute atomic E-state index is 0.0610. The third kappa shape index (κ3) is 6.41. The Morgan fingerprint density at radius 2 is 1.93 bits per heavy atom. The normalized spacial score (nSPS) is 11.7. The first-order valence-corrected chi connectivity index (χ1v) is 9.14. The lowest BCUT2D eigenvalue weighted by Gasteiger charge is -2.15. The van der Waals surface area contributed by atoms with Crippen molar-refractivity contribution in [3.63, 3.8) is 0 Å². The molecule has 1 amide bonds. The summed E-state index contributed by atoms with van der Waals surface area (Å²) in [7, 11) is 0. The van der Waals surface area contributed by atoms with Crippen LogP contribution in [0.1, 0.15) is 41.0 Å². The molecule has 0 spiro atoms. The molecule has 0 saturated carbocycles. The molecule has 0 aliphatic rings. The fourth-order valence-electron chi connectivity index (χ4n) is 2.23. The first-order chi connectivity index (χ1) is 12.8. The highest BCUT2D eigenvalue weighted by Gasteiger charge is 2.16. The zero-order valence-corrected chi connectivity index (χ0v) is 15.8. The Bertz CT molecular complexity index is 856. The number of ether oxygens (including phenoxy) is 1. The fraction of sp³-hybridized carbons (Fsp3) is 0.278. The van der Waals surface area contributed by atoms with Gasteiger partial charge in [-0.3, -0.25) is 14.4 Å². The van der Waals surface area contributed by atoms with Gasteiger partial charge in [0, 0.05) is 18.1 Å². The zero-order chi connectivity index (χ0) is 20.0. The lowest BCUT2D eigenvalue weighted by molar-refractivity contribution is -0.148. The molecule has 27 heavy (non-hydrogen) atoms. The van der Waals surface area contributed by atoms with Gasteiger partial charge in [-0.25, -0.2) is 8.78 Å². The van der Waals surface area contributed by atoms with E-state index in [1.165, 1.54) is 13.0 Å². The van der Waals surface area contributed by atoms with Crippen molar-refractivity contribution in [1.29, 1.82) is 0 Å². The SMILES string of the molecule is C[C@H](NC(=O)COC(=O)CCC(=O)c1ccc(Cl)s1)c1ccc(F)cc1F. The van der Waals surface area contributed by atoms with Crippen molar-refractivity contribution < 1.29 is 27.9 Å². The summed E-state index contributed by atoms with van der Waals surface area (Å²) in [4.78, 5) is 35.8. The van der Waals surface area contributed by atoms with Crippen LogP contribution in [0.3, 0.4) is 0 Å². The molecule has 0 aliphatic carbocycles. The summed E-state index contributed by atoms with van der Waals surface area (Å²) >= 11 is 6.86. The van der Waals surface area contributed by atoms with Crippen LogP contribution >= 0.6 is 22.9 Å². The van der Waals surface area contributed by atoms with Crippen LogP contribution in [0.15, 0.2) is 30.3 Å². The number of hydrogen-bond acceptors (Lipinski definition) is 5. The van der Waals surface area contributed by atoms with E-state index in [4.69, 9.17) is 16.3 Å². The van der Waals surface area contributed by atoms with E-state index in [0.29, 0.717) is 9.21 Å². The highest BCUT2D eigenvalue weighted by atomic mass is 35.5. The second-order valence-electron chi connectivity index (χ2n) is 5.64. The number of carbonyl (C=O) groups is 3. The summed E-state index contributed by atoms with van der Waals surface area (Å²) in [6.07, 6.45) is -0.238. The average molecular weight is 416 g/mol. The second-order valence-corrected chi connectivity index (χ2v) is 7.36. The molecule has 0 radical (unpaired) electrons. The predicted octanol–water partition coefficient (Wildman–Crippen LogP) is 4.06. The molecule has 2 rings (SSSR count). The number of benzene rings is 1. The first-order valence-electron chi connectivity index (χ1n) is 7.94. The predicted molar refractivity (Wildman–Crippen MR) is 96.8 cm³/mol. The summed E-state index contributed by atoms with van der Waals surface area (Å²) in [5.41, 5.74) is 0.108. The third-order valence-corrected chi connectivity index (χ3v) is 4.85. The summed E-state index contributed by atoms with van der Waals surface area (Å²) in [5, 5.41) is 2.45. The zero-order valence-electron chi connectivity index (χ0n) is 14.3. The summed E-state index contributed by atoms with van der Waals surface area (Å²) in [6, 6.07) is 5.46. The fourth-order valence-corrected chi connectivity index (χ4v) is 3.25. The number of amides is 1. The number of halogens is 3. The smallest absolute Gasteiger partial charge is 0.306 e. The van der Waals surface area contributed by atoms with Crippen molar-refractivity contribution in [2.75, 3.05) is 6.61 Å². The van der Waals surface area contributed by atoms with Crippen LogP contribution in [0, 0.1) is 11.6 Å². The molecule has 1 aromatic carbocycles. The van der Waals surface area contributed by atoms with Crippen LogP contribution in [0.2, 0.25) is 4.34 Å². The number of carbonyl (C=O) groups excluding carboxylic acids is 3.